The van der Waals surface area contributed by atoms with Gasteiger partial charge in [0.25, 0.3) is 0 Å². The second-order valence-electron chi connectivity index (χ2n) is 5.74. The van der Waals surface area contributed by atoms with E-state index in [9.17, 15) is 14.7 Å². The van der Waals surface area contributed by atoms with Crippen LogP contribution in [0.15, 0.2) is 12.4 Å². The van der Waals surface area contributed by atoms with E-state index >= 15 is 0 Å². The Morgan fingerprint density at radius 1 is 1.38 bits per heavy atom. The van der Waals surface area contributed by atoms with Crippen molar-refractivity contribution in [2.75, 3.05) is 5.32 Å². The van der Waals surface area contributed by atoms with Gasteiger partial charge in [0.1, 0.15) is 0 Å². The number of carbonyl (C=O) groups is 2. The molecule has 116 valence electrons. The van der Waals surface area contributed by atoms with Gasteiger partial charge in [-0.05, 0) is 26.7 Å². The van der Waals surface area contributed by atoms with E-state index in [-0.39, 0.29) is 18.1 Å². The maximum atomic E-state index is 12.0. The number of anilines is 1. The number of nitrogens with zero attached hydrogens (tertiary/aromatic N) is 2. The first-order chi connectivity index (χ1) is 9.97. The molecule has 1 fully saturated rings. The topological polar surface area (TPSA) is 96.2 Å². The number of amides is 2. The Kier molecular flexibility index (Phi) is 4.82. The summed E-state index contributed by atoms with van der Waals surface area (Å²) < 4.78 is 1.75. The average molecular weight is 294 g/mol. The fraction of sp³-hybridized carbons (Fsp3) is 0.643. The van der Waals surface area contributed by atoms with E-state index < -0.39 is 11.9 Å². The van der Waals surface area contributed by atoms with Gasteiger partial charge in [0.2, 0.25) is 0 Å². The Balaban J connectivity index is 1.92. The molecule has 1 aromatic rings. The molecule has 2 rings (SSSR count). The summed E-state index contributed by atoms with van der Waals surface area (Å²) >= 11 is 0. The molecular formula is C14H22N4O3. The first-order valence-electron chi connectivity index (χ1n) is 7.32. The average Bonchev–Trinajstić information content (AvgIpc) is 2.87. The van der Waals surface area contributed by atoms with Gasteiger partial charge in [0.15, 0.2) is 0 Å². The molecule has 0 bridgehead atoms. The van der Waals surface area contributed by atoms with E-state index in [2.05, 4.69) is 15.7 Å². The van der Waals surface area contributed by atoms with Crippen molar-refractivity contribution in [1.82, 2.24) is 15.1 Å². The summed E-state index contributed by atoms with van der Waals surface area (Å²) in [5.41, 5.74) is 0.601. The second kappa shape index (κ2) is 6.60. The third-order valence-corrected chi connectivity index (χ3v) is 3.79. The van der Waals surface area contributed by atoms with Gasteiger partial charge < -0.3 is 15.7 Å². The van der Waals surface area contributed by atoms with Crippen LogP contribution < -0.4 is 10.6 Å². The van der Waals surface area contributed by atoms with E-state index in [0.717, 1.165) is 12.8 Å². The van der Waals surface area contributed by atoms with E-state index in [1.54, 1.807) is 17.1 Å². The molecule has 1 heterocycles. The van der Waals surface area contributed by atoms with Crippen molar-refractivity contribution in [3.63, 3.8) is 0 Å². The van der Waals surface area contributed by atoms with Crippen LogP contribution in [0.5, 0.6) is 0 Å². The minimum absolute atomic E-state index is 0.221. The van der Waals surface area contributed by atoms with Crippen molar-refractivity contribution in [1.29, 1.82) is 0 Å². The number of hydrogen-bond donors (Lipinski definition) is 3. The summed E-state index contributed by atoms with van der Waals surface area (Å²) in [5.74, 6) is -1.34. The van der Waals surface area contributed by atoms with Crippen LogP contribution in [0.3, 0.4) is 0 Å². The first-order valence-corrected chi connectivity index (χ1v) is 7.32. The number of nitrogens with one attached hydrogen (secondary N) is 2. The molecule has 1 aromatic heterocycles. The predicted molar refractivity (Wildman–Crippen MR) is 78.1 cm³/mol. The lowest BCUT2D eigenvalue weighted by Crippen LogP contribution is -2.46. The summed E-state index contributed by atoms with van der Waals surface area (Å²) in [6, 6.07) is -0.466. The highest BCUT2D eigenvalue weighted by Crippen LogP contribution is 2.24. The standard InChI is InChI=1S/C14H22N4O3/c1-9(2)18-8-10(7-15-18)16-14(21)17-12-6-4-3-5-11(12)13(19)20/h7-9,11-12H,3-6H2,1-2H3,(H,19,20)(H2,16,17,21). The van der Waals surface area contributed by atoms with Crippen molar-refractivity contribution in [2.45, 2.75) is 51.6 Å². The van der Waals surface area contributed by atoms with Gasteiger partial charge in [-0.1, -0.05) is 12.8 Å². The van der Waals surface area contributed by atoms with E-state index in [1.807, 2.05) is 13.8 Å². The zero-order chi connectivity index (χ0) is 15.4. The SMILES string of the molecule is CC(C)n1cc(NC(=O)NC2CCCCC2C(=O)O)cn1. The largest absolute Gasteiger partial charge is 0.481 e. The third kappa shape index (κ3) is 3.96. The molecule has 0 radical (unpaired) electrons. The Hall–Kier alpha value is -2.05. The Morgan fingerprint density at radius 3 is 2.71 bits per heavy atom. The van der Waals surface area contributed by atoms with Crippen LogP contribution in [-0.2, 0) is 4.79 Å². The number of hydrogen-bond acceptors (Lipinski definition) is 3. The van der Waals surface area contributed by atoms with Crippen LogP contribution >= 0.6 is 0 Å². The summed E-state index contributed by atoms with van der Waals surface area (Å²) in [4.78, 5) is 23.2. The lowest BCUT2D eigenvalue weighted by atomic mass is 9.84. The van der Waals surface area contributed by atoms with Crippen LogP contribution in [0.2, 0.25) is 0 Å². The van der Waals surface area contributed by atoms with Crippen LogP contribution in [0, 0.1) is 5.92 Å². The fourth-order valence-electron chi connectivity index (χ4n) is 2.62. The monoisotopic (exact) mass is 294 g/mol. The Bertz CT molecular complexity index is 512. The van der Waals surface area contributed by atoms with Gasteiger partial charge in [0, 0.05) is 18.3 Å². The molecule has 1 aliphatic carbocycles. The van der Waals surface area contributed by atoms with Crippen LogP contribution in [-0.4, -0.2) is 32.9 Å². The molecule has 21 heavy (non-hydrogen) atoms. The zero-order valence-corrected chi connectivity index (χ0v) is 12.4. The molecule has 0 aliphatic heterocycles. The number of carboxylic acid groups (broad SMARTS) is 1. The van der Waals surface area contributed by atoms with Gasteiger partial charge in [-0.25, -0.2) is 4.79 Å². The second-order valence-corrected chi connectivity index (χ2v) is 5.74. The van der Waals surface area contributed by atoms with Crippen molar-refractivity contribution in [2.24, 2.45) is 5.92 Å². The summed E-state index contributed by atoms with van der Waals surface area (Å²) in [7, 11) is 0. The van der Waals surface area contributed by atoms with E-state index in [4.69, 9.17) is 0 Å². The number of aliphatic carboxylic acids is 1. The number of carboxylic acids is 1. The minimum atomic E-state index is -0.840. The summed E-state index contributed by atoms with van der Waals surface area (Å²) in [5, 5.41) is 18.8. The van der Waals surface area contributed by atoms with Crippen molar-refractivity contribution < 1.29 is 14.7 Å². The van der Waals surface area contributed by atoms with Gasteiger partial charge >= 0.3 is 12.0 Å². The van der Waals surface area contributed by atoms with Crippen molar-refractivity contribution in [3.8, 4) is 0 Å². The maximum Gasteiger partial charge on any atom is 0.319 e. The quantitative estimate of drug-likeness (QED) is 0.793. The van der Waals surface area contributed by atoms with Gasteiger partial charge in [-0.2, -0.15) is 5.10 Å². The molecule has 7 heteroatoms. The molecule has 3 N–H and O–H groups in total. The number of carbonyl (C=O) groups excluding carboxylic acids is 1. The van der Waals surface area contributed by atoms with Gasteiger partial charge in [0.05, 0.1) is 17.8 Å². The lowest BCUT2D eigenvalue weighted by Gasteiger charge is -2.29. The molecule has 0 saturated heterocycles. The van der Waals surface area contributed by atoms with E-state index in [1.165, 1.54) is 0 Å². The lowest BCUT2D eigenvalue weighted by molar-refractivity contribution is -0.143. The highest BCUT2D eigenvalue weighted by atomic mass is 16.4. The fourth-order valence-corrected chi connectivity index (χ4v) is 2.62. The Labute approximate surface area is 123 Å². The van der Waals surface area contributed by atoms with Crippen LogP contribution in [0.4, 0.5) is 10.5 Å². The van der Waals surface area contributed by atoms with Crippen molar-refractivity contribution >= 4 is 17.7 Å². The predicted octanol–water partition coefficient (Wildman–Crippen LogP) is 2.23. The van der Waals surface area contributed by atoms with E-state index in [0.29, 0.717) is 18.5 Å². The number of aromatic nitrogens is 2. The highest BCUT2D eigenvalue weighted by Gasteiger charge is 2.31. The third-order valence-electron chi connectivity index (χ3n) is 3.79. The highest BCUT2D eigenvalue weighted by molar-refractivity contribution is 5.89. The molecule has 1 aliphatic rings. The number of rotatable bonds is 4. The van der Waals surface area contributed by atoms with Crippen LogP contribution in [0.25, 0.3) is 0 Å². The van der Waals surface area contributed by atoms with Crippen molar-refractivity contribution in [3.05, 3.63) is 12.4 Å². The molecular weight excluding hydrogens is 272 g/mol. The van der Waals surface area contributed by atoms with Gasteiger partial charge in [-0.3, -0.25) is 9.48 Å². The van der Waals surface area contributed by atoms with Crippen LogP contribution in [0.1, 0.15) is 45.6 Å². The normalized spacial score (nSPS) is 22.0. The molecule has 0 aromatic carbocycles. The minimum Gasteiger partial charge on any atom is -0.481 e. The first kappa shape index (κ1) is 15.3. The zero-order valence-electron chi connectivity index (χ0n) is 12.4. The molecule has 2 unspecified atom stereocenters. The maximum absolute atomic E-state index is 12.0. The Morgan fingerprint density at radius 2 is 2.10 bits per heavy atom. The smallest absolute Gasteiger partial charge is 0.319 e. The van der Waals surface area contributed by atoms with Gasteiger partial charge in [-0.15, -0.1) is 0 Å². The molecule has 2 amide bonds. The number of urea groups is 1. The molecule has 0 spiro atoms. The summed E-state index contributed by atoms with van der Waals surface area (Å²) in [6.07, 6.45) is 6.49. The molecule has 7 nitrogen and oxygen atoms in total. The molecule has 2 atom stereocenters. The molecule has 1 saturated carbocycles. The summed E-state index contributed by atoms with van der Waals surface area (Å²) in [6.45, 7) is 3.99.